The van der Waals surface area contributed by atoms with Crippen LogP contribution in [0.4, 0.5) is 14.9 Å². The highest BCUT2D eigenvalue weighted by Gasteiger charge is 2.16. The smallest absolute Gasteiger partial charge is 0.412 e. The molecule has 0 heterocycles. The van der Waals surface area contributed by atoms with Crippen LogP contribution in [0.3, 0.4) is 0 Å². The average Bonchev–Trinajstić information content (AvgIpc) is 2.25. The summed E-state index contributed by atoms with van der Waals surface area (Å²) in [6, 6.07) is 4.68. The highest BCUT2D eigenvalue weighted by molar-refractivity contribution is 9.09. The molecule has 1 amide bonds. The maximum Gasteiger partial charge on any atom is 0.412 e. The summed E-state index contributed by atoms with van der Waals surface area (Å²) in [5.41, 5.74) is 0.474. The Morgan fingerprint density at radius 1 is 1.42 bits per heavy atom. The monoisotopic (exact) mass is 331 g/mol. The highest BCUT2D eigenvalue weighted by Crippen LogP contribution is 2.17. The summed E-state index contributed by atoms with van der Waals surface area (Å²) >= 11 is 3.31. The zero-order chi connectivity index (χ0) is 14.5. The Morgan fingerprint density at radius 3 is 2.63 bits per heavy atom. The number of nitrogens with one attached hydrogen (secondary N) is 1. The van der Waals surface area contributed by atoms with E-state index < -0.39 is 11.7 Å². The van der Waals surface area contributed by atoms with Crippen molar-refractivity contribution in [1.29, 1.82) is 0 Å². The lowest BCUT2D eigenvalue weighted by molar-refractivity contribution is 0.0636. The standard InChI is InChI=1S/C14H19BrFNO2/c1-14(2,3)19-13(18)17-11-7-6-10(5-4-8-15)12(16)9-11/h6-7,9H,4-5,8H2,1-3H3,(H,17,18). The van der Waals surface area contributed by atoms with Crippen molar-refractivity contribution >= 4 is 27.7 Å². The van der Waals surface area contributed by atoms with E-state index >= 15 is 0 Å². The topological polar surface area (TPSA) is 38.3 Å². The van der Waals surface area contributed by atoms with Gasteiger partial charge in [-0.3, -0.25) is 5.32 Å². The maximum atomic E-state index is 13.8. The van der Waals surface area contributed by atoms with E-state index in [0.717, 1.165) is 11.8 Å². The molecule has 1 aromatic carbocycles. The quantitative estimate of drug-likeness (QED) is 0.825. The molecule has 0 unspecified atom stereocenters. The fourth-order valence-electron chi connectivity index (χ4n) is 1.51. The molecule has 0 atom stereocenters. The summed E-state index contributed by atoms with van der Waals surface area (Å²) in [7, 11) is 0. The van der Waals surface area contributed by atoms with Gasteiger partial charge in [0.2, 0.25) is 0 Å². The Labute approximate surface area is 121 Å². The van der Waals surface area contributed by atoms with Crippen LogP contribution in [0, 0.1) is 5.82 Å². The summed E-state index contributed by atoms with van der Waals surface area (Å²) in [5, 5.41) is 3.35. The van der Waals surface area contributed by atoms with E-state index in [0.29, 0.717) is 17.7 Å². The molecule has 0 radical (unpaired) electrons. The van der Waals surface area contributed by atoms with Gasteiger partial charge in [-0.2, -0.15) is 0 Å². The number of anilines is 1. The number of carbonyl (C=O) groups excluding carboxylic acids is 1. The molecular weight excluding hydrogens is 313 g/mol. The Morgan fingerprint density at radius 2 is 2.11 bits per heavy atom. The average molecular weight is 332 g/mol. The second kappa shape index (κ2) is 6.89. The lowest BCUT2D eigenvalue weighted by atomic mass is 10.1. The Bertz CT molecular complexity index is 444. The summed E-state index contributed by atoms with van der Waals surface area (Å²) in [5.74, 6) is -0.311. The van der Waals surface area contributed by atoms with Crippen molar-refractivity contribution in [3.8, 4) is 0 Å². The fraction of sp³-hybridized carbons (Fsp3) is 0.500. The molecule has 3 nitrogen and oxygen atoms in total. The molecule has 0 saturated carbocycles. The van der Waals surface area contributed by atoms with E-state index in [1.807, 2.05) is 0 Å². The first-order valence-electron chi connectivity index (χ1n) is 6.16. The third-order valence-electron chi connectivity index (χ3n) is 2.28. The molecule has 0 saturated heterocycles. The number of aryl methyl sites for hydroxylation is 1. The van der Waals surface area contributed by atoms with Crippen LogP contribution in [-0.2, 0) is 11.2 Å². The summed E-state index contributed by atoms with van der Waals surface area (Å²) in [4.78, 5) is 11.5. The number of rotatable bonds is 4. The molecule has 1 aromatic rings. The number of alkyl halides is 1. The predicted molar refractivity (Wildman–Crippen MR) is 78.4 cm³/mol. The van der Waals surface area contributed by atoms with Gasteiger partial charge in [-0.05, 0) is 51.3 Å². The fourth-order valence-corrected chi connectivity index (χ4v) is 1.79. The molecule has 0 spiro atoms. The van der Waals surface area contributed by atoms with Gasteiger partial charge < -0.3 is 4.74 Å². The minimum absolute atomic E-state index is 0.311. The van der Waals surface area contributed by atoms with Crippen molar-refractivity contribution in [2.24, 2.45) is 0 Å². The first-order chi connectivity index (χ1) is 8.81. The van der Waals surface area contributed by atoms with Gasteiger partial charge in [0.15, 0.2) is 0 Å². The van der Waals surface area contributed by atoms with E-state index in [1.54, 1.807) is 32.9 Å². The number of halogens is 2. The van der Waals surface area contributed by atoms with E-state index in [-0.39, 0.29) is 5.82 Å². The van der Waals surface area contributed by atoms with E-state index in [9.17, 15) is 9.18 Å². The van der Waals surface area contributed by atoms with E-state index in [1.165, 1.54) is 6.07 Å². The van der Waals surface area contributed by atoms with Crippen molar-refractivity contribution in [2.45, 2.75) is 39.2 Å². The van der Waals surface area contributed by atoms with E-state index in [4.69, 9.17) is 4.74 Å². The molecule has 0 aliphatic carbocycles. The van der Waals surface area contributed by atoms with Crippen molar-refractivity contribution < 1.29 is 13.9 Å². The van der Waals surface area contributed by atoms with Gasteiger partial charge in [0.05, 0.1) is 0 Å². The number of ether oxygens (including phenoxy) is 1. The van der Waals surface area contributed by atoms with Crippen molar-refractivity contribution in [1.82, 2.24) is 0 Å². The molecule has 0 aliphatic rings. The zero-order valence-electron chi connectivity index (χ0n) is 11.4. The third-order valence-corrected chi connectivity index (χ3v) is 2.84. The molecule has 1 rings (SSSR count). The minimum atomic E-state index is -0.583. The number of hydrogen-bond acceptors (Lipinski definition) is 2. The van der Waals surface area contributed by atoms with Crippen LogP contribution in [0.2, 0.25) is 0 Å². The predicted octanol–water partition coefficient (Wildman–Crippen LogP) is 4.50. The molecule has 0 bridgehead atoms. The molecule has 5 heteroatoms. The second-order valence-corrected chi connectivity index (χ2v) is 6.02. The molecule has 106 valence electrons. The van der Waals surface area contributed by atoms with Gasteiger partial charge in [0, 0.05) is 11.0 Å². The van der Waals surface area contributed by atoms with Crippen LogP contribution >= 0.6 is 15.9 Å². The van der Waals surface area contributed by atoms with Crippen LogP contribution in [0.1, 0.15) is 32.8 Å². The summed E-state index contributed by atoms with van der Waals surface area (Å²) in [6.07, 6.45) is 0.958. The minimum Gasteiger partial charge on any atom is -0.444 e. The van der Waals surface area contributed by atoms with Crippen LogP contribution in [-0.4, -0.2) is 17.0 Å². The normalized spacial score (nSPS) is 11.2. The molecule has 19 heavy (non-hydrogen) atoms. The van der Waals surface area contributed by atoms with Gasteiger partial charge in [0.1, 0.15) is 11.4 Å². The largest absolute Gasteiger partial charge is 0.444 e. The third kappa shape index (κ3) is 6.05. The first kappa shape index (κ1) is 16.0. The van der Waals surface area contributed by atoms with Crippen LogP contribution < -0.4 is 5.32 Å². The van der Waals surface area contributed by atoms with Crippen molar-refractivity contribution in [3.63, 3.8) is 0 Å². The SMILES string of the molecule is CC(C)(C)OC(=O)Nc1ccc(CCCBr)c(F)c1. The van der Waals surface area contributed by atoms with Crippen LogP contribution in [0.15, 0.2) is 18.2 Å². The second-order valence-electron chi connectivity index (χ2n) is 5.23. The maximum absolute atomic E-state index is 13.8. The lowest BCUT2D eigenvalue weighted by Crippen LogP contribution is -2.27. The number of carbonyl (C=O) groups is 1. The van der Waals surface area contributed by atoms with Gasteiger partial charge in [-0.1, -0.05) is 22.0 Å². The Kier molecular flexibility index (Phi) is 5.79. The molecule has 0 aliphatic heterocycles. The first-order valence-corrected chi connectivity index (χ1v) is 7.28. The molecular formula is C14H19BrFNO2. The number of benzene rings is 1. The Hall–Kier alpha value is -1.10. The summed E-state index contributed by atoms with van der Waals surface area (Å²) < 4.78 is 18.9. The molecule has 0 aromatic heterocycles. The Balaban J connectivity index is 2.65. The van der Waals surface area contributed by atoms with E-state index in [2.05, 4.69) is 21.2 Å². The van der Waals surface area contributed by atoms with Crippen LogP contribution in [0.5, 0.6) is 0 Å². The molecule has 0 fully saturated rings. The highest BCUT2D eigenvalue weighted by atomic mass is 79.9. The number of amides is 1. The molecule has 1 N–H and O–H groups in total. The zero-order valence-corrected chi connectivity index (χ0v) is 13.0. The van der Waals surface area contributed by atoms with Crippen molar-refractivity contribution in [3.05, 3.63) is 29.6 Å². The van der Waals surface area contributed by atoms with Crippen LogP contribution in [0.25, 0.3) is 0 Å². The van der Waals surface area contributed by atoms with Crippen molar-refractivity contribution in [2.75, 3.05) is 10.6 Å². The van der Waals surface area contributed by atoms with Gasteiger partial charge in [-0.15, -0.1) is 0 Å². The number of hydrogen-bond donors (Lipinski definition) is 1. The van der Waals surface area contributed by atoms with Gasteiger partial charge in [0.25, 0.3) is 0 Å². The summed E-state index contributed by atoms with van der Waals surface area (Å²) in [6.45, 7) is 5.32. The lowest BCUT2D eigenvalue weighted by Gasteiger charge is -2.19. The van der Waals surface area contributed by atoms with Gasteiger partial charge >= 0.3 is 6.09 Å². The van der Waals surface area contributed by atoms with Gasteiger partial charge in [-0.25, -0.2) is 9.18 Å².